The van der Waals surface area contributed by atoms with E-state index in [2.05, 4.69) is 22.9 Å². The van der Waals surface area contributed by atoms with Gasteiger partial charge in [0.15, 0.2) is 0 Å². The summed E-state index contributed by atoms with van der Waals surface area (Å²) in [7, 11) is 1.73. The van der Waals surface area contributed by atoms with Crippen LogP contribution in [0.4, 0.5) is 0 Å². The van der Waals surface area contributed by atoms with E-state index in [9.17, 15) is 4.79 Å². The highest BCUT2D eigenvalue weighted by atomic mass is 16.5. The lowest BCUT2D eigenvalue weighted by atomic mass is 10.0. The average Bonchev–Trinajstić information content (AvgIpc) is 2.90. The van der Waals surface area contributed by atoms with Gasteiger partial charge in [0, 0.05) is 44.3 Å². The highest BCUT2D eigenvalue weighted by Gasteiger charge is 2.25. The van der Waals surface area contributed by atoms with Crippen molar-refractivity contribution in [3.63, 3.8) is 0 Å². The molecule has 1 aliphatic rings. The zero-order chi connectivity index (χ0) is 16.2. The van der Waals surface area contributed by atoms with E-state index in [1.165, 1.54) is 5.69 Å². The molecule has 1 aromatic carbocycles. The molecule has 2 heterocycles. The van der Waals surface area contributed by atoms with Crippen molar-refractivity contribution in [2.45, 2.75) is 26.4 Å². The number of aromatic nitrogens is 1. The number of rotatable bonds is 4. The minimum absolute atomic E-state index is 0.116. The van der Waals surface area contributed by atoms with Crippen LogP contribution in [0.5, 0.6) is 0 Å². The maximum Gasteiger partial charge on any atom is 0.254 e. The van der Waals surface area contributed by atoms with Gasteiger partial charge in [0.1, 0.15) is 0 Å². The minimum atomic E-state index is 0.116. The fourth-order valence-corrected chi connectivity index (χ4v) is 3.26. The molecule has 0 fully saturated rings. The van der Waals surface area contributed by atoms with E-state index in [4.69, 9.17) is 4.74 Å². The topological polar surface area (TPSA) is 34.5 Å². The summed E-state index contributed by atoms with van der Waals surface area (Å²) in [6.07, 6.45) is 3.07. The Bertz CT molecular complexity index is 678. The van der Waals surface area contributed by atoms with Crippen molar-refractivity contribution in [3.05, 3.63) is 59.4 Å². The van der Waals surface area contributed by atoms with E-state index in [1.807, 2.05) is 36.1 Å². The highest BCUT2D eigenvalue weighted by molar-refractivity contribution is 5.94. The van der Waals surface area contributed by atoms with Crippen LogP contribution < -0.4 is 0 Å². The van der Waals surface area contributed by atoms with E-state index in [0.29, 0.717) is 12.5 Å². The van der Waals surface area contributed by atoms with Crippen molar-refractivity contribution in [2.75, 3.05) is 20.3 Å². The van der Waals surface area contributed by atoms with Gasteiger partial charge in [-0.05, 0) is 43.5 Å². The van der Waals surface area contributed by atoms with Gasteiger partial charge in [-0.2, -0.15) is 0 Å². The fourth-order valence-electron chi connectivity index (χ4n) is 3.26. The van der Waals surface area contributed by atoms with E-state index < -0.39 is 0 Å². The van der Waals surface area contributed by atoms with Crippen molar-refractivity contribution < 1.29 is 9.53 Å². The molecule has 1 amide bonds. The third kappa shape index (κ3) is 3.64. The lowest BCUT2D eigenvalue weighted by Crippen LogP contribution is -2.34. The number of aryl methyl sites for hydroxylation is 1. The van der Waals surface area contributed by atoms with Crippen molar-refractivity contribution in [2.24, 2.45) is 5.92 Å². The first-order chi connectivity index (χ1) is 11.2. The molecule has 1 atom stereocenters. The second-order valence-electron chi connectivity index (χ2n) is 6.35. The van der Waals surface area contributed by atoms with E-state index in [-0.39, 0.29) is 5.91 Å². The highest BCUT2D eigenvalue weighted by Crippen LogP contribution is 2.21. The smallest absolute Gasteiger partial charge is 0.254 e. The van der Waals surface area contributed by atoms with Crippen LogP contribution in [0.1, 0.15) is 28.0 Å². The molecular weight excluding hydrogens is 288 g/mol. The Morgan fingerprint density at radius 3 is 2.91 bits per heavy atom. The predicted molar refractivity (Wildman–Crippen MR) is 90.3 cm³/mol. The van der Waals surface area contributed by atoms with Gasteiger partial charge in [-0.3, -0.25) is 4.79 Å². The zero-order valence-electron chi connectivity index (χ0n) is 13.9. The summed E-state index contributed by atoms with van der Waals surface area (Å²) < 4.78 is 7.51. The SMILES string of the molecule is COCCC1CN(C(=O)c2cccc(C)c2)Cc2cccn2C1. The Morgan fingerprint density at radius 2 is 2.13 bits per heavy atom. The first-order valence-corrected chi connectivity index (χ1v) is 8.16. The number of fused-ring (bicyclic) bond motifs is 1. The Balaban J connectivity index is 1.83. The van der Waals surface area contributed by atoms with E-state index >= 15 is 0 Å². The molecule has 23 heavy (non-hydrogen) atoms. The number of hydrogen-bond acceptors (Lipinski definition) is 2. The Morgan fingerprint density at radius 1 is 1.26 bits per heavy atom. The lowest BCUT2D eigenvalue weighted by Gasteiger charge is -2.24. The number of amides is 1. The Kier molecular flexibility index (Phi) is 4.82. The molecule has 1 unspecified atom stereocenters. The number of carbonyl (C=O) groups is 1. The minimum Gasteiger partial charge on any atom is -0.385 e. The molecule has 0 aliphatic carbocycles. The van der Waals surface area contributed by atoms with Gasteiger partial charge in [0.2, 0.25) is 0 Å². The van der Waals surface area contributed by atoms with Crippen molar-refractivity contribution in [1.82, 2.24) is 9.47 Å². The molecule has 0 saturated heterocycles. The second kappa shape index (κ2) is 7.01. The Labute approximate surface area is 137 Å². The molecule has 0 radical (unpaired) electrons. The van der Waals surface area contributed by atoms with E-state index in [0.717, 1.165) is 37.2 Å². The van der Waals surface area contributed by atoms with Gasteiger partial charge in [0.05, 0.1) is 6.54 Å². The van der Waals surface area contributed by atoms with Crippen LogP contribution in [0.15, 0.2) is 42.6 Å². The van der Waals surface area contributed by atoms with Gasteiger partial charge < -0.3 is 14.2 Å². The molecule has 122 valence electrons. The van der Waals surface area contributed by atoms with Crippen LogP contribution in [-0.2, 0) is 17.8 Å². The summed E-state index contributed by atoms with van der Waals surface area (Å²) in [6.45, 7) is 5.14. The van der Waals surface area contributed by atoms with Crippen LogP contribution >= 0.6 is 0 Å². The summed E-state index contributed by atoms with van der Waals surface area (Å²) in [4.78, 5) is 14.9. The summed E-state index contributed by atoms with van der Waals surface area (Å²) in [5.74, 6) is 0.531. The molecule has 4 heteroatoms. The molecule has 0 saturated carbocycles. The molecular formula is C19H24N2O2. The Hall–Kier alpha value is -2.07. The molecule has 0 N–H and O–H groups in total. The average molecular weight is 312 g/mol. The van der Waals surface area contributed by atoms with Gasteiger partial charge in [-0.1, -0.05) is 17.7 Å². The summed E-state index contributed by atoms with van der Waals surface area (Å²) in [6, 6.07) is 12.0. The van der Waals surface area contributed by atoms with Crippen LogP contribution in [-0.4, -0.2) is 35.6 Å². The third-order valence-corrected chi connectivity index (χ3v) is 4.49. The number of nitrogens with zero attached hydrogens (tertiary/aromatic N) is 2. The maximum atomic E-state index is 12.9. The normalized spacial score (nSPS) is 17.7. The number of ether oxygens (including phenoxy) is 1. The number of benzene rings is 1. The van der Waals surface area contributed by atoms with Crippen LogP contribution in [0.3, 0.4) is 0 Å². The van der Waals surface area contributed by atoms with Gasteiger partial charge in [0.25, 0.3) is 5.91 Å². The predicted octanol–water partition coefficient (Wildman–Crippen LogP) is 3.11. The third-order valence-electron chi connectivity index (χ3n) is 4.49. The molecule has 2 aromatic rings. The monoisotopic (exact) mass is 312 g/mol. The molecule has 4 nitrogen and oxygen atoms in total. The quantitative estimate of drug-likeness (QED) is 0.869. The van der Waals surface area contributed by atoms with Crippen LogP contribution in [0, 0.1) is 12.8 Å². The summed E-state index contributed by atoms with van der Waals surface area (Å²) in [5, 5.41) is 0. The standard InChI is InChI=1S/C19H24N2O2/c1-15-5-3-6-17(11-15)19(22)21-13-16(8-10-23-2)12-20-9-4-7-18(20)14-21/h3-7,9,11,16H,8,10,12-14H2,1-2H3. The molecule has 1 aromatic heterocycles. The van der Waals surface area contributed by atoms with Crippen LogP contribution in [0.25, 0.3) is 0 Å². The van der Waals surface area contributed by atoms with Gasteiger partial charge >= 0.3 is 0 Å². The molecule has 1 aliphatic heterocycles. The number of methoxy groups -OCH3 is 1. The van der Waals surface area contributed by atoms with Crippen molar-refractivity contribution in [3.8, 4) is 0 Å². The molecule has 0 spiro atoms. The molecule has 3 rings (SSSR count). The zero-order valence-corrected chi connectivity index (χ0v) is 13.9. The first kappa shape index (κ1) is 15.8. The first-order valence-electron chi connectivity index (χ1n) is 8.16. The molecule has 0 bridgehead atoms. The van der Waals surface area contributed by atoms with Crippen molar-refractivity contribution in [1.29, 1.82) is 0 Å². The van der Waals surface area contributed by atoms with Crippen LogP contribution in [0.2, 0.25) is 0 Å². The fraction of sp³-hybridized carbons (Fsp3) is 0.421. The second-order valence-corrected chi connectivity index (χ2v) is 6.35. The number of carbonyl (C=O) groups excluding carboxylic acids is 1. The lowest BCUT2D eigenvalue weighted by molar-refractivity contribution is 0.0705. The van der Waals surface area contributed by atoms with Crippen molar-refractivity contribution >= 4 is 5.91 Å². The van der Waals surface area contributed by atoms with E-state index in [1.54, 1.807) is 7.11 Å². The van der Waals surface area contributed by atoms with Gasteiger partial charge in [-0.25, -0.2) is 0 Å². The maximum absolute atomic E-state index is 12.9. The van der Waals surface area contributed by atoms with Gasteiger partial charge in [-0.15, -0.1) is 0 Å². The largest absolute Gasteiger partial charge is 0.385 e. The summed E-state index contributed by atoms with van der Waals surface area (Å²) in [5.41, 5.74) is 3.09. The summed E-state index contributed by atoms with van der Waals surface area (Å²) >= 11 is 0. The number of hydrogen-bond donors (Lipinski definition) is 0.